The van der Waals surface area contributed by atoms with Gasteiger partial charge in [-0.25, -0.2) is 4.63 Å². The number of likely N-dealkylation sites (N-methyl/N-ethyl adjacent to an activating group) is 1. The molecular formula is C12H17N5O3. The second-order valence-electron chi connectivity index (χ2n) is 5.41. The zero-order valence-electron chi connectivity index (χ0n) is 11.9. The van der Waals surface area contributed by atoms with E-state index in [-0.39, 0.29) is 16.7 Å². The van der Waals surface area contributed by atoms with E-state index < -0.39 is 4.92 Å². The molecule has 0 unspecified atom stereocenters. The molecule has 1 N–H and O–H groups in total. The van der Waals surface area contributed by atoms with Crippen LogP contribution in [0, 0.1) is 10.1 Å². The average Bonchev–Trinajstić information content (AvgIpc) is 2.84. The number of nitro groups is 1. The largest absolute Gasteiger partial charge is 0.381 e. The summed E-state index contributed by atoms with van der Waals surface area (Å²) in [6.45, 7) is 4.83. The quantitative estimate of drug-likeness (QED) is 0.659. The molecule has 2 rings (SSSR count). The molecule has 1 aromatic heterocycles. The van der Waals surface area contributed by atoms with Crippen LogP contribution in [0.4, 0.5) is 11.4 Å². The van der Waals surface area contributed by atoms with Gasteiger partial charge in [-0.1, -0.05) is 0 Å². The van der Waals surface area contributed by atoms with Crippen molar-refractivity contribution in [1.29, 1.82) is 0 Å². The highest BCUT2D eigenvalue weighted by molar-refractivity contribution is 5.93. The lowest BCUT2D eigenvalue weighted by atomic mass is 10.0. The van der Waals surface area contributed by atoms with Gasteiger partial charge < -0.3 is 10.2 Å². The van der Waals surface area contributed by atoms with E-state index in [0.29, 0.717) is 17.7 Å². The summed E-state index contributed by atoms with van der Waals surface area (Å²) in [7, 11) is 3.98. The fourth-order valence-electron chi connectivity index (χ4n) is 1.61. The van der Waals surface area contributed by atoms with Gasteiger partial charge in [0, 0.05) is 18.2 Å². The van der Waals surface area contributed by atoms with Crippen molar-refractivity contribution in [2.24, 2.45) is 0 Å². The molecule has 0 aliphatic carbocycles. The molecule has 0 aliphatic heterocycles. The van der Waals surface area contributed by atoms with Crippen LogP contribution < -0.4 is 5.32 Å². The summed E-state index contributed by atoms with van der Waals surface area (Å²) in [6.07, 6.45) is 0. The molecule has 0 saturated carbocycles. The predicted octanol–water partition coefficient (Wildman–Crippen LogP) is 1.88. The Morgan fingerprint density at radius 3 is 2.60 bits per heavy atom. The van der Waals surface area contributed by atoms with Crippen LogP contribution in [0.25, 0.3) is 11.0 Å². The summed E-state index contributed by atoms with van der Waals surface area (Å²) in [5.74, 6) is 0. The van der Waals surface area contributed by atoms with Crippen LogP contribution >= 0.6 is 0 Å². The molecule has 0 aliphatic rings. The number of fused-ring (bicyclic) bond motifs is 1. The third-order valence-electron chi connectivity index (χ3n) is 3.51. The number of benzene rings is 1. The number of nitrogens with zero attached hydrogens (tertiary/aromatic N) is 4. The van der Waals surface area contributed by atoms with Crippen molar-refractivity contribution in [3.8, 4) is 0 Å². The first kappa shape index (κ1) is 14.2. The number of nitro benzene ring substituents is 1. The van der Waals surface area contributed by atoms with Gasteiger partial charge in [0.2, 0.25) is 5.52 Å². The van der Waals surface area contributed by atoms with Crippen molar-refractivity contribution in [1.82, 2.24) is 15.2 Å². The van der Waals surface area contributed by atoms with Crippen molar-refractivity contribution in [3.63, 3.8) is 0 Å². The topological polar surface area (TPSA) is 97.3 Å². The molecule has 2 aromatic rings. The van der Waals surface area contributed by atoms with E-state index in [1.54, 1.807) is 6.07 Å². The Balaban J connectivity index is 2.31. The summed E-state index contributed by atoms with van der Waals surface area (Å²) in [5.41, 5.74) is 1.00. The fraction of sp³-hybridized carbons (Fsp3) is 0.500. The third kappa shape index (κ3) is 2.55. The fourth-order valence-corrected chi connectivity index (χ4v) is 1.61. The molecular weight excluding hydrogens is 262 g/mol. The van der Waals surface area contributed by atoms with E-state index in [1.807, 2.05) is 14.1 Å². The number of non-ortho nitro benzene ring substituents is 1. The summed E-state index contributed by atoms with van der Waals surface area (Å²) >= 11 is 0. The van der Waals surface area contributed by atoms with Crippen molar-refractivity contribution in [2.45, 2.75) is 19.4 Å². The Hall–Kier alpha value is -2.22. The zero-order valence-corrected chi connectivity index (χ0v) is 11.9. The van der Waals surface area contributed by atoms with E-state index in [2.05, 4.69) is 39.0 Å². The summed E-state index contributed by atoms with van der Waals surface area (Å²) < 4.78 is 4.62. The lowest BCUT2D eigenvalue weighted by Gasteiger charge is -2.33. The van der Waals surface area contributed by atoms with Crippen LogP contribution in [0.2, 0.25) is 0 Å². The second kappa shape index (κ2) is 5.04. The molecule has 108 valence electrons. The molecule has 20 heavy (non-hydrogen) atoms. The van der Waals surface area contributed by atoms with Crippen molar-refractivity contribution >= 4 is 22.4 Å². The Morgan fingerprint density at radius 2 is 2.00 bits per heavy atom. The maximum absolute atomic E-state index is 10.9. The number of rotatable bonds is 5. The maximum Gasteiger partial charge on any atom is 0.300 e. The molecule has 8 nitrogen and oxygen atoms in total. The van der Waals surface area contributed by atoms with E-state index >= 15 is 0 Å². The van der Waals surface area contributed by atoms with Gasteiger partial charge in [-0.3, -0.25) is 10.1 Å². The molecule has 1 heterocycles. The summed E-state index contributed by atoms with van der Waals surface area (Å²) in [6, 6.07) is 3.02. The number of anilines is 1. The van der Waals surface area contributed by atoms with Gasteiger partial charge in [-0.2, -0.15) is 0 Å². The van der Waals surface area contributed by atoms with E-state index in [4.69, 9.17) is 0 Å². The second-order valence-corrected chi connectivity index (χ2v) is 5.41. The van der Waals surface area contributed by atoms with Gasteiger partial charge >= 0.3 is 5.69 Å². The van der Waals surface area contributed by atoms with Crippen molar-refractivity contribution in [3.05, 3.63) is 22.2 Å². The summed E-state index contributed by atoms with van der Waals surface area (Å²) in [5, 5.41) is 21.5. The molecule has 0 radical (unpaired) electrons. The van der Waals surface area contributed by atoms with E-state index in [1.165, 1.54) is 6.07 Å². The van der Waals surface area contributed by atoms with E-state index in [9.17, 15) is 10.1 Å². The highest BCUT2D eigenvalue weighted by Gasteiger charge is 2.23. The molecule has 8 heteroatoms. The first-order chi connectivity index (χ1) is 9.33. The number of aromatic nitrogens is 2. The van der Waals surface area contributed by atoms with Crippen LogP contribution in [-0.4, -0.2) is 46.3 Å². The Morgan fingerprint density at radius 1 is 1.35 bits per heavy atom. The molecule has 0 fully saturated rings. The predicted molar refractivity (Wildman–Crippen MR) is 74.7 cm³/mol. The van der Waals surface area contributed by atoms with Gasteiger partial charge in [-0.05, 0) is 44.3 Å². The minimum absolute atomic E-state index is 0.0781. The smallest absolute Gasteiger partial charge is 0.300 e. The monoisotopic (exact) mass is 279 g/mol. The van der Waals surface area contributed by atoms with E-state index in [0.717, 1.165) is 0 Å². The maximum atomic E-state index is 10.9. The van der Waals surface area contributed by atoms with Crippen LogP contribution in [0.1, 0.15) is 13.8 Å². The first-order valence-corrected chi connectivity index (χ1v) is 6.14. The van der Waals surface area contributed by atoms with Crippen molar-refractivity contribution in [2.75, 3.05) is 26.0 Å². The first-order valence-electron chi connectivity index (χ1n) is 6.14. The van der Waals surface area contributed by atoms with Gasteiger partial charge in [0.15, 0.2) is 5.52 Å². The molecule has 0 spiro atoms. The van der Waals surface area contributed by atoms with Crippen LogP contribution in [-0.2, 0) is 0 Å². The van der Waals surface area contributed by atoms with Gasteiger partial charge in [0.1, 0.15) is 0 Å². The molecule has 0 amide bonds. The standard InChI is InChI=1S/C12H17N5O3/c1-12(2,16(3)4)7-13-8-5-6-9(17(18)19)11-10(8)14-20-15-11/h5-6,13H,7H2,1-4H3. The minimum Gasteiger partial charge on any atom is -0.381 e. The molecule has 0 atom stereocenters. The van der Waals surface area contributed by atoms with Crippen molar-refractivity contribution < 1.29 is 9.55 Å². The van der Waals surface area contributed by atoms with Crippen LogP contribution in [0.3, 0.4) is 0 Å². The summed E-state index contributed by atoms with van der Waals surface area (Å²) in [4.78, 5) is 12.5. The minimum atomic E-state index is -0.500. The lowest BCUT2D eigenvalue weighted by molar-refractivity contribution is -0.383. The van der Waals surface area contributed by atoms with Crippen LogP contribution in [0.5, 0.6) is 0 Å². The van der Waals surface area contributed by atoms with Gasteiger partial charge in [0.05, 0.1) is 10.6 Å². The SMILES string of the molecule is CN(C)C(C)(C)CNc1ccc([N+](=O)[O-])c2nonc12. The Labute approximate surface area is 115 Å². The molecule has 0 saturated heterocycles. The normalized spacial score (nSPS) is 12.1. The zero-order chi connectivity index (χ0) is 14.9. The number of hydrogen-bond acceptors (Lipinski definition) is 7. The van der Waals surface area contributed by atoms with Gasteiger partial charge in [0.25, 0.3) is 0 Å². The molecule has 0 bridgehead atoms. The number of hydrogen-bond donors (Lipinski definition) is 1. The molecule has 1 aromatic carbocycles. The highest BCUT2D eigenvalue weighted by atomic mass is 16.6. The lowest BCUT2D eigenvalue weighted by Crippen LogP contribution is -2.44. The Bertz CT molecular complexity index is 635. The van der Waals surface area contributed by atoms with Crippen LogP contribution in [0.15, 0.2) is 16.8 Å². The average molecular weight is 279 g/mol. The van der Waals surface area contributed by atoms with Gasteiger partial charge in [-0.15, -0.1) is 0 Å². The number of nitrogens with one attached hydrogen (secondary N) is 1. The Kier molecular flexibility index (Phi) is 3.58. The highest BCUT2D eigenvalue weighted by Crippen LogP contribution is 2.29. The third-order valence-corrected chi connectivity index (χ3v) is 3.51.